The fourth-order valence-corrected chi connectivity index (χ4v) is 5.83. The molecule has 3 fully saturated rings. The minimum Gasteiger partial charge on any atom is -0.458 e. The van der Waals surface area contributed by atoms with E-state index in [9.17, 15) is 4.79 Å². The van der Waals surface area contributed by atoms with E-state index in [2.05, 4.69) is 25.6 Å². The minimum absolute atomic E-state index is 0.0168. The van der Waals surface area contributed by atoms with Gasteiger partial charge in [0, 0.05) is 30.4 Å². The van der Waals surface area contributed by atoms with Crippen molar-refractivity contribution in [1.29, 1.82) is 5.26 Å². The number of hydrogen-bond acceptors (Lipinski definition) is 7. The number of rotatable bonds is 9. The molecular formula is C31H45NO6. The fraction of sp³-hybridized carbons (Fsp3) is 0.677. The Morgan fingerprint density at radius 2 is 1.84 bits per heavy atom. The average molecular weight is 528 g/mol. The first-order valence-corrected chi connectivity index (χ1v) is 14.0. The van der Waals surface area contributed by atoms with Crippen LogP contribution >= 0.6 is 0 Å². The molecule has 3 aliphatic rings. The maximum atomic E-state index is 12.9. The summed E-state index contributed by atoms with van der Waals surface area (Å²) in [6.45, 7) is 14.8. The molecule has 9 unspecified atom stereocenters. The highest BCUT2D eigenvalue weighted by Gasteiger charge is 2.43. The van der Waals surface area contributed by atoms with Crippen LogP contribution in [-0.4, -0.2) is 55.5 Å². The van der Waals surface area contributed by atoms with Gasteiger partial charge in [-0.25, -0.2) is 4.79 Å². The van der Waals surface area contributed by atoms with Crippen molar-refractivity contribution in [1.82, 2.24) is 0 Å². The SMILES string of the molecule is C=C1CC(C/C=C\C(=O)OC2C(C)C(C/C=C/C)OC(/C(C)=C/C#N)C2C)OC(CC2CCOC(C)O2)C1. The molecule has 7 nitrogen and oxygen atoms in total. The molecule has 0 aromatic rings. The van der Waals surface area contributed by atoms with Gasteiger partial charge in [-0.15, -0.1) is 0 Å². The molecule has 0 amide bonds. The van der Waals surface area contributed by atoms with E-state index in [4.69, 9.17) is 28.9 Å². The average Bonchev–Trinajstić information content (AvgIpc) is 2.86. The Hall–Kier alpha value is -2.24. The third-order valence-corrected chi connectivity index (χ3v) is 7.79. The van der Waals surface area contributed by atoms with Gasteiger partial charge in [0.2, 0.25) is 0 Å². The third kappa shape index (κ3) is 8.64. The lowest BCUT2D eigenvalue weighted by Crippen LogP contribution is -2.50. The Morgan fingerprint density at radius 1 is 1.08 bits per heavy atom. The second-order valence-corrected chi connectivity index (χ2v) is 10.9. The maximum Gasteiger partial charge on any atom is 0.330 e. The van der Waals surface area contributed by atoms with E-state index in [-0.39, 0.29) is 60.7 Å². The van der Waals surface area contributed by atoms with Gasteiger partial charge >= 0.3 is 5.97 Å². The van der Waals surface area contributed by atoms with Crippen LogP contribution in [0.15, 0.2) is 48.1 Å². The first-order chi connectivity index (χ1) is 18.2. The van der Waals surface area contributed by atoms with Crippen molar-refractivity contribution in [2.75, 3.05) is 6.61 Å². The van der Waals surface area contributed by atoms with Gasteiger partial charge in [0.25, 0.3) is 0 Å². The van der Waals surface area contributed by atoms with Gasteiger partial charge in [-0.1, -0.05) is 44.2 Å². The Balaban J connectivity index is 1.57. The van der Waals surface area contributed by atoms with Crippen molar-refractivity contribution in [2.45, 2.75) is 116 Å². The van der Waals surface area contributed by atoms with Crippen LogP contribution in [-0.2, 0) is 28.5 Å². The van der Waals surface area contributed by atoms with Gasteiger partial charge in [-0.3, -0.25) is 0 Å². The van der Waals surface area contributed by atoms with Crippen LogP contribution in [0.1, 0.15) is 73.1 Å². The highest BCUT2D eigenvalue weighted by atomic mass is 16.7. The smallest absolute Gasteiger partial charge is 0.330 e. The van der Waals surface area contributed by atoms with E-state index in [0.29, 0.717) is 13.0 Å². The molecule has 0 radical (unpaired) electrons. The predicted octanol–water partition coefficient (Wildman–Crippen LogP) is 5.97. The summed E-state index contributed by atoms with van der Waals surface area (Å²) in [5, 5.41) is 9.14. The van der Waals surface area contributed by atoms with Crippen LogP contribution < -0.4 is 0 Å². The number of ether oxygens (including phenoxy) is 5. The van der Waals surface area contributed by atoms with Crippen LogP contribution in [0, 0.1) is 23.2 Å². The second kappa shape index (κ2) is 14.8. The van der Waals surface area contributed by atoms with Gasteiger partial charge in [0.05, 0.1) is 43.2 Å². The molecule has 0 spiro atoms. The molecule has 3 aliphatic heterocycles. The van der Waals surface area contributed by atoms with Gasteiger partial charge in [-0.2, -0.15) is 5.26 Å². The van der Waals surface area contributed by atoms with E-state index >= 15 is 0 Å². The third-order valence-electron chi connectivity index (χ3n) is 7.79. The molecule has 0 saturated carbocycles. The lowest BCUT2D eigenvalue weighted by Gasteiger charge is -2.44. The topological polar surface area (TPSA) is 87.0 Å². The minimum atomic E-state index is -0.364. The number of esters is 1. The van der Waals surface area contributed by atoms with Crippen molar-refractivity contribution in [3.8, 4) is 6.07 Å². The van der Waals surface area contributed by atoms with Crippen molar-refractivity contribution < 1.29 is 28.5 Å². The molecule has 3 rings (SSSR count). The highest BCUT2D eigenvalue weighted by Crippen LogP contribution is 2.37. The fourth-order valence-electron chi connectivity index (χ4n) is 5.83. The number of carbonyl (C=O) groups is 1. The van der Waals surface area contributed by atoms with Crippen LogP contribution in [0.5, 0.6) is 0 Å². The number of nitriles is 1. The highest BCUT2D eigenvalue weighted by molar-refractivity contribution is 5.82. The zero-order valence-electron chi connectivity index (χ0n) is 23.6. The molecule has 0 aromatic carbocycles. The number of nitrogens with zero attached hydrogens (tertiary/aromatic N) is 1. The number of carbonyl (C=O) groups excluding carboxylic acids is 1. The summed E-state index contributed by atoms with van der Waals surface area (Å²) in [6.07, 6.45) is 12.9. The molecule has 9 atom stereocenters. The van der Waals surface area contributed by atoms with E-state index < -0.39 is 0 Å². The van der Waals surface area contributed by atoms with Crippen molar-refractivity contribution in [3.05, 3.63) is 48.1 Å². The first-order valence-electron chi connectivity index (χ1n) is 14.0. The largest absolute Gasteiger partial charge is 0.458 e. The van der Waals surface area contributed by atoms with Crippen molar-refractivity contribution in [2.24, 2.45) is 11.8 Å². The summed E-state index contributed by atoms with van der Waals surface area (Å²) < 4.78 is 30.1. The Bertz CT molecular complexity index is 933. The van der Waals surface area contributed by atoms with Gasteiger partial charge in [-0.05, 0) is 58.4 Å². The summed E-state index contributed by atoms with van der Waals surface area (Å²) >= 11 is 0. The van der Waals surface area contributed by atoms with Gasteiger partial charge < -0.3 is 23.7 Å². The van der Waals surface area contributed by atoms with Crippen LogP contribution in [0.25, 0.3) is 0 Å². The van der Waals surface area contributed by atoms with E-state index in [1.807, 2.05) is 39.8 Å². The van der Waals surface area contributed by atoms with E-state index in [0.717, 1.165) is 37.7 Å². The first kappa shape index (κ1) is 30.3. The molecule has 210 valence electrons. The molecule has 38 heavy (non-hydrogen) atoms. The summed E-state index contributed by atoms with van der Waals surface area (Å²) in [5.74, 6) is -0.419. The normalized spacial score (nSPS) is 36.9. The van der Waals surface area contributed by atoms with Gasteiger partial charge in [0.15, 0.2) is 6.29 Å². The summed E-state index contributed by atoms with van der Waals surface area (Å²) in [6, 6.07) is 2.09. The molecular weight excluding hydrogens is 482 g/mol. The standard InChI is InChI=1S/C31H45NO6/c1-7-8-11-28-22(4)31(23(5)30(37-28)21(3)13-15-32)38-29(33)12-9-10-25-17-20(2)18-27(36-25)19-26-14-16-34-24(6)35-26/h7-9,12-13,22-28,30-31H,2,10-11,14,16-19H2,1,3-6H3/b8-7+,12-9-,21-13+. The number of allylic oxidation sites excluding steroid dienone is 2. The summed E-state index contributed by atoms with van der Waals surface area (Å²) in [7, 11) is 0. The Morgan fingerprint density at radius 3 is 2.55 bits per heavy atom. The monoisotopic (exact) mass is 527 g/mol. The zero-order chi connectivity index (χ0) is 27.7. The van der Waals surface area contributed by atoms with Crippen LogP contribution in [0.2, 0.25) is 0 Å². The van der Waals surface area contributed by atoms with Crippen molar-refractivity contribution in [3.63, 3.8) is 0 Å². The molecule has 0 N–H and O–H groups in total. The molecule has 3 saturated heterocycles. The zero-order valence-corrected chi connectivity index (χ0v) is 23.6. The molecule has 7 heteroatoms. The predicted molar refractivity (Wildman–Crippen MR) is 146 cm³/mol. The van der Waals surface area contributed by atoms with Crippen molar-refractivity contribution >= 4 is 5.97 Å². The molecule has 0 aromatic heterocycles. The Labute approximate surface area is 228 Å². The maximum absolute atomic E-state index is 12.9. The quantitative estimate of drug-likeness (QED) is 0.158. The van der Waals surface area contributed by atoms with Gasteiger partial charge in [0.1, 0.15) is 6.10 Å². The molecule has 0 bridgehead atoms. The van der Waals surface area contributed by atoms with Crippen LogP contribution in [0.3, 0.4) is 0 Å². The second-order valence-electron chi connectivity index (χ2n) is 10.9. The lowest BCUT2D eigenvalue weighted by molar-refractivity contribution is -0.211. The number of hydrogen-bond donors (Lipinski definition) is 0. The summed E-state index contributed by atoms with van der Waals surface area (Å²) in [5.41, 5.74) is 2.02. The van der Waals surface area contributed by atoms with E-state index in [1.165, 1.54) is 17.7 Å². The lowest BCUT2D eigenvalue weighted by atomic mass is 9.79. The summed E-state index contributed by atoms with van der Waals surface area (Å²) in [4.78, 5) is 12.9. The van der Waals surface area contributed by atoms with E-state index in [1.54, 1.807) is 0 Å². The Kier molecular flexibility index (Phi) is 11.8. The van der Waals surface area contributed by atoms with Crippen LogP contribution in [0.4, 0.5) is 0 Å². The molecule has 0 aliphatic carbocycles. The molecule has 3 heterocycles.